The number of pyridine rings is 1. The number of aromatic nitrogens is 3. The molecule has 0 radical (unpaired) electrons. The summed E-state index contributed by atoms with van der Waals surface area (Å²) in [6.07, 6.45) is 4.00. The second kappa shape index (κ2) is 6.60. The molecule has 0 aliphatic carbocycles. The summed E-state index contributed by atoms with van der Waals surface area (Å²) in [7, 11) is 0. The molecule has 0 saturated carbocycles. The van der Waals surface area contributed by atoms with Crippen LogP contribution in [0.2, 0.25) is 0 Å². The minimum atomic E-state index is 0.314. The lowest BCUT2D eigenvalue weighted by Crippen LogP contribution is -2.33. The van der Waals surface area contributed by atoms with Gasteiger partial charge in [-0.2, -0.15) is 0 Å². The summed E-state index contributed by atoms with van der Waals surface area (Å²) in [6.45, 7) is 3.12. The number of hydrogen-bond donors (Lipinski definition) is 0. The SMILES string of the molecule is c1ccc(-c2nnc(C3CCCN(Cc4cccs4)C3)o2)nc1. The molecule has 3 aromatic heterocycles. The number of hydrogen-bond acceptors (Lipinski definition) is 6. The number of thiophene rings is 1. The molecule has 3 aromatic rings. The summed E-state index contributed by atoms with van der Waals surface area (Å²) in [6, 6.07) is 10.00. The molecule has 0 aromatic carbocycles. The summed E-state index contributed by atoms with van der Waals surface area (Å²) in [5, 5.41) is 10.6. The van der Waals surface area contributed by atoms with E-state index < -0.39 is 0 Å². The van der Waals surface area contributed by atoms with Crippen molar-refractivity contribution < 1.29 is 4.42 Å². The Hall–Kier alpha value is -2.05. The fourth-order valence-electron chi connectivity index (χ4n) is 3.02. The van der Waals surface area contributed by atoms with Gasteiger partial charge in [-0.1, -0.05) is 12.1 Å². The summed E-state index contributed by atoms with van der Waals surface area (Å²) in [4.78, 5) is 8.15. The molecule has 0 amide bonds. The van der Waals surface area contributed by atoms with Gasteiger partial charge in [0.05, 0.1) is 5.92 Å². The summed E-state index contributed by atoms with van der Waals surface area (Å²) < 4.78 is 5.88. The molecule has 1 aliphatic heterocycles. The van der Waals surface area contributed by atoms with Crippen LogP contribution in [-0.4, -0.2) is 33.2 Å². The first-order valence-electron chi connectivity index (χ1n) is 7.88. The van der Waals surface area contributed by atoms with Crippen LogP contribution in [0.3, 0.4) is 0 Å². The highest BCUT2D eigenvalue weighted by atomic mass is 32.1. The predicted molar refractivity (Wildman–Crippen MR) is 89.1 cm³/mol. The van der Waals surface area contributed by atoms with Crippen LogP contribution in [-0.2, 0) is 6.54 Å². The highest BCUT2D eigenvalue weighted by molar-refractivity contribution is 7.09. The maximum absolute atomic E-state index is 5.88. The van der Waals surface area contributed by atoms with Gasteiger partial charge in [-0.25, -0.2) is 0 Å². The fraction of sp³-hybridized carbons (Fsp3) is 0.353. The van der Waals surface area contributed by atoms with Crippen molar-refractivity contribution in [2.24, 2.45) is 0 Å². The van der Waals surface area contributed by atoms with Gasteiger partial charge in [0.15, 0.2) is 0 Å². The molecule has 6 heteroatoms. The molecule has 0 N–H and O–H groups in total. The topological polar surface area (TPSA) is 55.1 Å². The first-order chi connectivity index (χ1) is 11.4. The predicted octanol–water partition coefficient (Wildman–Crippen LogP) is 3.57. The van der Waals surface area contributed by atoms with E-state index in [4.69, 9.17) is 4.42 Å². The van der Waals surface area contributed by atoms with Gasteiger partial charge in [-0.15, -0.1) is 21.5 Å². The van der Waals surface area contributed by atoms with Crippen LogP contribution in [0.1, 0.15) is 29.5 Å². The van der Waals surface area contributed by atoms with Crippen LogP contribution >= 0.6 is 11.3 Å². The van der Waals surface area contributed by atoms with E-state index in [1.807, 2.05) is 29.5 Å². The molecule has 5 nitrogen and oxygen atoms in total. The first-order valence-corrected chi connectivity index (χ1v) is 8.76. The van der Waals surface area contributed by atoms with Gasteiger partial charge >= 0.3 is 0 Å². The molecule has 1 aliphatic rings. The van der Waals surface area contributed by atoms with Gasteiger partial charge < -0.3 is 4.42 Å². The maximum atomic E-state index is 5.88. The van der Waals surface area contributed by atoms with Gasteiger partial charge in [-0.05, 0) is 43.0 Å². The van der Waals surface area contributed by atoms with Crippen LogP contribution in [0.25, 0.3) is 11.6 Å². The standard InChI is InChI=1S/C17H18N4OS/c1-2-8-18-15(7-1)17-20-19-16(22-17)13-5-3-9-21(11-13)12-14-6-4-10-23-14/h1-2,4,6-8,10,13H,3,5,9,11-12H2. The minimum absolute atomic E-state index is 0.314. The maximum Gasteiger partial charge on any atom is 0.266 e. The zero-order chi connectivity index (χ0) is 15.5. The smallest absolute Gasteiger partial charge is 0.266 e. The lowest BCUT2D eigenvalue weighted by Gasteiger charge is -2.30. The van der Waals surface area contributed by atoms with Gasteiger partial charge in [0.25, 0.3) is 5.89 Å². The van der Waals surface area contributed by atoms with E-state index in [1.54, 1.807) is 6.20 Å². The Morgan fingerprint density at radius 3 is 3.04 bits per heavy atom. The van der Waals surface area contributed by atoms with Gasteiger partial charge in [0.2, 0.25) is 5.89 Å². The molecule has 4 rings (SSSR count). The fourth-order valence-corrected chi connectivity index (χ4v) is 3.76. The average Bonchev–Trinajstić information content (AvgIpc) is 3.28. The highest BCUT2D eigenvalue weighted by Gasteiger charge is 2.26. The Bertz CT molecular complexity index is 741. The zero-order valence-electron chi connectivity index (χ0n) is 12.8. The lowest BCUT2D eigenvalue weighted by atomic mass is 9.98. The Morgan fingerprint density at radius 2 is 2.22 bits per heavy atom. The van der Waals surface area contributed by atoms with Crippen LogP contribution in [0.5, 0.6) is 0 Å². The quantitative estimate of drug-likeness (QED) is 0.733. The van der Waals surface area contributed by atoms with Crippen LogP contribution in [0.4, 0.5) is 0 Å². The van der Waals surface area contributed by atoms with Crippen molar-refractivity contribution in [1.29, 1.82) is 0 Å². The molecule has 0 spiro atoms. The largest absolute Gasteiger partial charge is 0.419 e. The van der Waals surface area contributed by atoms with E-state index in [2.05, 4.69) is 37.6 Å². The third-order valence-corrected chi connectivity index (χ3v) is 5.00. The minimum Gasteiger partial charge on any atom is -0.419 e. The van der Waals surface area contributed by atoms with Crippen LogP contribution in [0.15, 0.2) is 46.3 Å². The van der Waals surface area contributed by atoms with E-state index in [1.165, 1.54) is 4.88 Å². The summed E-state index contributed by atoms with van der Waals surface area (Å²) >= 11 is 1.81. The average molecular weight is 326 g/mol. The van der Waals surface area contributed by atoms with Crippen molar-refractivity contribution in [3.05, 3.63) is 52.7 Å². The number of rotatable bonds is 4. The van der Waals surface area contributed by atoms with Crippen molar-refractivity contribution in [1.82, 2.24) is 20.1 Å². The molecule has 1 fully saturated rings. The Kier molecular flexibility index (Phi) is 4.17. The van der Waals surface area contributed by atoms with Gasteiger partial charge in [0, 0.05) is 24.2 Å². The molecule has 1 atom stereocenters. The Morgan fingerprint density at radius 1 is 1.22 bits per heavy atom. The molecule has 1 saturated heterocycles. The van der Waals surface area contributed by atoms with Crippen molar-refractivity contribution >= 4 is 11.3 Å². The Balaban J connectivity index is 1.46. The number of piperidine rings is 1. The number of nitrogens with zero attached hydrogens (tertiary/aromatic N) is 4. The van der Waals surface area contributed by atoms with Crippen molar-refractivity contribution in [3.8, 4) is 11.6 Å². The van der Waals surface area contributed by atoms with E-state index in [-0.39, 0.29) is 0 Å². The lowest BCUT2D eigenvalue weighted by molar-refractivity contribution is 0.188. The normalized spacial score (nSPS) is 19.0. The number of likely N-dealkylation sites (tertiary alicyclic amines) is 1. The van der Waals surface area contributed by atoms with Crippen molar-refractivity contribution in [2.45, 2.75) is 25.3 Å². The molecule has 4 heterocycles. The van der Waals surface area contributed by atoms with Crippen LogP contribution in [0, 0.1) is 0 Å². The molecular weight excluding hydrogens is 308 g/mol. The third kappa shape index (κ3) is 3.33. The second-order valence-corrected chi connectivity index (χ2v) is 6.85. The Labute approximate surface area is 139 Å². The van der Waals surface area contributed by atoms with E-state index in [0.29, 0.717) is 11.8 Å². The summed E-state index contributed by atoms with van der Waals surface area (Å²) in [5.74, 6) is 1.56. The third-order valence-electron chi connectivity index (χ3n) is 4.14. The van der Waals surface area contributed by atoms with E-state index in [9.17, 15) is 0 Å². The first kappa shape index (κ1) is 14.5. The molecule has 1 unspecified atom stereocenters. The van der Waals surface area contributed by atoms with Crippen molar-refractivity contribution in [3.63, 3.8) is 0 Å². The van der Waals surface area contributed by atoms with Crippen molar-refractivity contribution in [2.75, 3.05) is 13.1 Å². The molecular formula is C17H18N4OS. The van der Waals surface area contributed by atoms with Crippen LogP contribution < -0.4 is 0 Å². The monoisotopic (exact) mass is 326 g/mol. The highest BCUT2D eigenvalue weighted by Crippen LogP contribution is 2.29. The van der Waals surface area contributed by atoms with E-state index in [0.717, 1.165) is 44.1 Å². The summed E-state index contributed by atoms with van der Waals surface area (Å²) in [5.41, 5.74) is 0.734. The van der Waals surface area contributed by atoms with Gasteiger partial charge in [-0.3, -0.25) is 9.88 Å². The van der Waals surface area contributed by atoms with Gasteiger partial charge in [0.1, 0.15) is 5.69 Å². The molecule has 0 bridgehead atoms. The second-order valence-electron chi connectivity index (χ2n) is 5.81. The zero-order valence-corrected chi connectivity index (χ0v) is 13.6. The molecule has 23 heavy (non-hydrogen) atoms. The molecule has 118 valence electrons. The van der Waals surface area contributed by atoms with E-state index >= 15 is 0 Å².